The molecule has 0 amide bonds. The summed E-state index contributed by atoms with van der Waals surface area (Å²) in [6.07, 6.45) is 2.07. The summed E-state index contributed by atoms with van der Waals surface area (Å²) >= 11 is 0. The van der Waals surface area contributed by atoms with Gasteiger partial charge in [0.1, 0.15) is 11.5 Å². The van der Waals surface area contributed by atoms with Crippen LogP contribution in [0.1, 0.15) is 30.8 Å². The second-order valence-corrected chi connectivity index (χ2v) is 4.43. The van der Waals surface area contributed by atoms with Gasteiger partial charge in [0.2, 0.25) is 0 Å². The standard InChI is InChI=1S/C15H19NO3/c1-2-13(16)15(14-7-4-8-18-14)19-12-6-3-5-11(9-12)10-17/h3-9,13,15,17H,2,10,16H2,1H3. The minimum absolute atomic E-state index is 0.0115. The van der Waals surface area contributed by atoms with Crippen LogP contribution in [0.3, 0.4) is 0 Å². The molecule has 1 aromatic carbocycles. The highest BCUT2D eigenvalue weighted by molar-refractivity contribution is 5.28. The van der Waals surface area contributed by atoms with Crippen LogP contribution in [-0.4, -0.2) is 11.1 Å². The van der Waals surface area contributed by atoms with Crippen molar-refractivity contribution in [1.29, 1.82) is 0 Å². The van der Waals surface area contributed by atoms with Gasteiger partial charge in [-0.05, 0) is 36.2 Å². The van der Waals surface area contributed by atoms with Gasteiger partial charge in [-0.25, -0.2) is 0 Å². The average molecular weight is 261 g/mol. The van der Waals surface area contributed by atoms with Gasteiger partial charge >= 0.3 is 0 Å². The second-order valence-electron chi connectivity index (χ2n) is 4.43. The van der Waals surface area contributed by atoms with Crippen molar-refractivity contribution in [3.05, 3.63) is 54.0 Å². The highest BCUT2D eigenvalue weighted by atomic mass is 16.5. The maximum atomic E-state index is 9.14. The van der Waals surface area contributed by atoms with Crippen LogP contribution in [0.5, 0.6) is 5.75 Å². The molecule has 2 atom stereocenters. The molecule has 0 spiro atoms. The molecule has 19 heavy (non-hydrogen) atoms. The predicted molar refractivity (Wildman–Crippen MR) is 72.7 cm³/mol. The van der Waals surface area contributed by atoms with E-state index in [0.29, 0.717) is 11.5 Å². The van der Waals surface area contributed by atoms with Gasteiger partial charge in [-0.2, -0.15) is 0 Å². The number of benzene rings is 1. The van der Waals surface area contributed by atoms with Gasteiger partial charge in [-0.3, -0.25) is 0 Å². The molecule has 102 valence electrons. The van der Waals surface area contributed by atoms with Gasteiger partial charge in [0, 0.05) is 6.04 Å². The van der Waals surface area contributed by atoms with Gasteiger partial charge in [-0.1, -0.05) is 19.1 Å². The Morgan fingerprint density at radius 1 is 1.32 bits per heavy atom. The first kappa shape index (κ1) is 13.6. The van der Waals surface area contributed by atoms with Crippen molar-refractivity contribution in [1.82, 2.24) is 0 Å². The summed E-state index contributed by atoms with van der Waals surface area (Å²) in [5, 5.41) is 9.14. The fourth-order valence-electron chi connectivity index (χ4n) is 1.89. The van der Waals surface area contributed by atoms with E-state index in [9.17, 15) is 0 Å². The SMILES string of the molecule is CCC(N)C(Oc1cccc(CO)c1)c1ccco1. The van der Waals surface area contributed by atoms with E-state index >= 15 is 0 Å². The van der Waals surface area contributed by atoms with Crippen LogP contribution in [0, 0.1) is 0 Å². The Bertz CT molecular complexity index is 496. The third-order valence-corrected chi connectivity index (χ3v) is 3.03. The Morgan fingerprint density at radius 3 is 2.79 bits per heavy atom. The Kier molecular flexibility index (Phi) is 4.60. The van der Waals surface area contributed by atoms with Crippen LogP contribution < -0.4 is 10.5 Å². The van der Waals surface area contributed by atoms with Crippen molar-refractivity contribution < 1.29 is 14.3 Å². The molecule has 1 heterocycles. The molecule has 0 saturated carbocycles. The topological polar surface area (TPSA) is 68.6 Å². The smallest absolute Gasteiger partial charge is 0.171 e. The molecular weight excluding hydrogens is 242 g/mol. The number of aliphatic hydroxyl groups is 1. The number of nitrogens with two attached hydrogens (primary N) is 1. The molecule has 3 N–H and O–H groups in total. The third kappa shape index (κ3) is 3.36. The highest BCUT2D eigenvalue weighted by Crippen LogP contribution is 2.26. The Labute approximate surface area is 112 Å². The van der Waals surface area contributed by atoms with E-state index in [1.165, 1.54) is 0 Å². The average Bonchev–Trinajstić information content (AvgIpc) is 2.98. The summed E-state index contributed by atoms with van der Waals surface area (Å²) in [5.74, 6) is 1.39. The van der Waals surface area contributed by atoms with Crippen molar-refractivity contribution in [2.45, 2.75) is 32.1 Å². The lowest BCUT2D eigenvalue weighted by molar-refractivity contribution is 0.144. The molecule has 0 saturated heterocycles. The zero-order valence-corrected chi connectivity index (χ0v) is 11.0. The number of hydrogen-bond acceptors (Lipinski definition) is 4. The molecular formula is C15H19NO3. The first-order chi connectivity index (χ1) is 9.24. The molecule has 0 radical (unpaired) electrons. The van der Waals surface area contributed by atoms with Gasteiger partial charge in [0.25, 0.3) is 0 Å². The number of aliphatic hydroxyl groups excluding tert-OH is 1. The third-order valence-electron chi connectivity index (χ3n) is 3.03. The van der Waals surface area contributed by atoms with E-state index in [4.69, 9.17) is 20.0 Å². The summed E-state index contributed by atoms with van der Waals surface area (Å²) in [4.78, 5) is 0. The Balaban J connectivity index is 2.20. The van der Waals surface area contributed by atoms with E-state index < -0.39 is 0 Å². The first-order valence-electron chi connectivity index (χ1n) is 6.40. The van der Waals surface area contributed by atoms with Gasteiger partial charge in [0.05, 0.1) is 12.9 Å². The maximum Gasteiger partial charge on any atom is 0.171 e. The van der Waals surface area contributed by atoms with Gasteiger partial charge in [0.15, 0.2) is 6.10 Å². The van der Waals surface area contributed by atoms with Crippen molar-refractivity contribution >= 4 is 0 Å². The molecule has 2 unspecified atom stereocenters. The fraction of sp³-hybridized carbons (Fsp3) is 0.333. The molecule has 0 bridgehead atoms. The summed E-state index contributed by atoms with van der Waals surface area (Å²) < 4.78 is 11.3. The molecule has 4 nitrogen and oxygen atoms in total. The lowest BCUT2D eigenvalue weighted by Gasteiger charge is -2.22. The van der Waals surface area contributed by atoms with E-state index in [-0.39, 0.29) is 18.8 Å². The summed E-state index contributed by atoms with van der Waals surface area (Å²) in [5.41, 5.74) is 6.90. The van der Waals surface area contributed by atoms with E-state index in [1.54, 1.807) is 12.3 Å². The monoisotopic (exact) mass is 261 g/mol. The molecule has 4 heteroatoms. The number of hydrogen-bond donors (Lipinski definition) is 2. The van der Waals surface area contributed by atoms with Crippen LogP contribution in [0.15, 0.2) is 47.1 Å². The zero-order valence-electron chi connectivity index (χ0n) is 11.0. The largest absolute Gasteiger partial charge is 0.481 e. The number of rotatable bonds is 6. The minimum Gasteiger partial charge on any atom is -0.481 e. The van der Waals surface area contributed by atoms with Crippen molar-refractivity contribution in [3.8, 4) is 5.75 Å². The molecule has 2 rings (SSSR count). The zero-order chi connectivity index (χ0) is 13.7. The van der Waals surface area contributed by atoms with Gasteiger partial charge < -0.3 is 20.0 Å². The molecule has 0 aliphatic heterocycles. The quantitative estimate of drug-likeness (QED) is 0.838. The summed E-state index contributed by atoms with van der Waals surface area (Å²) in [6.45, 7) is 2.00. The second kappa shape index (κ2) is 6.41. The molecule has 0 aliphatic carbocycles. The van der Waals surface area contributed by atoms with E-state index in [0.717, 1.165) is 12.0 Å². The molecule has 2 aromatic rings. The predicted octanol–water partition coefficient (Wildman–Crippen LogP) is 2.63. The highest BCUT2D eigenvalue weighted by Gasteiger charge is 2.23. The van der Waals surface area contributed by atoms with Crippen LogP contribution in [0.25, 0.3) is 0 Å². The fourth-order valence-corrected chi connectivity index (χ4v) is 1.89. The van der Waals surface area contributed by atoms with Crippen LogP contribution >= 0.6 is 0 Å². The maximum absolute atomic E-state index is 9.14. The van der Waals surface area contributed by atoms with Gasteiger partial charge in [-0.15, -0.1) is 0 Å². The Hall–Kier alpha value is -1.78. The minimum atomic E-state index is -0.325. The molecule has 0 fully saturated rings. The van der Waals surface area contributed by atoms with Crippen LogP contribution in [0.2, 0.25) is 0 Å². The lowest BCUT2D eigenvalue weighted by Crippen LogP contribution is -2.31. The first-order valence-corrected chi connectivity index (χ1v) is 6.40. The van der Waals surface area contributed by atoms with Crippen LogP contribution in [0.4, 0.5) is 0 Å². The molecule has 1 aromatic heterocycles. The van der Waals surface area contributed by atoms with Crippen molar-refractivity contribution in [3.63, 3.8) is 0 Å². The van der Waals surface area contributed by atoms with Crippen LogP contribution in [-0.2, 0) is 6.61 Å². The number of furan rings is 1. The normalized spacial score (nSPS) is 14.1. The number of ether oxygens (including phenoxy) is 1. The molecule has 0 aliphatic rings. The lowest BCUT2D eigenvalue weighted by atomic mass is 10.1. The Morgan fingerprint density at radius 2 is 2.16 bits per heavy atom. The van der Waals surface area contributed by atoms with E-state index in [1.807, 2.05) is 37.3 Å². The van der Waals surface area contributed by atoms with Crippen molar-refractivity contribution in [2.75, 3.05) is 0 Å². The van der Waals surface area contributed by atoms with Crippen molar-refractivity contribution in [2.24, 2.45) is 5.73 Å². The summed E-state index contributed by atoms with van der Waals surface area (Å²) in [6, 6.07) is 10.9. The summed E-state index contributed by atoms with van der Waals surface area (Å²) in [7, 11) is 0. The van der Waals surface area contributed by atoms with E-state index in [2.05, 4.69) is 0 Å².